The van der Waals surface area contributed by atoms with E-state index < -0.39 is 0 Å². The molecule has 2 atom stereocenters. The first-order valence-corrected chi connectivity index (χ1v) is 6.84. The van der Waals surface area contributed by atoms with Gasteiger partial charge in [-0.2, -0.15) is 0 Å². The van der Waals surface area contributed by atoms with E-state index in [1.807, 2.05) is 11.9 Å². The standard InChI is InChI=1S/C13H24N2O2/c1-15(10-12-6-2-3-8-17-12)13(16)9-11-5-4-7-14-11/h11-12,14H,2-10H2,1H3. The Bertz CT molecular complexity index is 246. The van der Waals surface area contributed by atoms with E-state index >= 15 is 0 Å². The second-order valence-corrected chi connectivity index (χ2v) is 5.26. The van der Waals surface area contributed by atoms with Crippen molar-refractivity contribution in [3.05, 3.63) is 0 Å². The zero-order chi connectivity index (χ0) is 12.1. The van der Waals surface area contributed by atoms with Crippen LogP contribution >= 0.6 is 0 Å². The molecule has 2 aliphatic heterocycles. The lowest BCUT2D eigenvalue weighted by Crippen LogP contribution is -2.39. The number of carbonyl (C=O) groups is 1. The molecule has 1 N–H and O–H groups in total. The van der Waals surface area contributed by atoms with E-state index in [1.165, 1.54) is 19.3 Å². The third-order valence-electron chi connectivity index (χ3n) is 3.76. The van der Waals surface area contributed by atoms with Gasteiger partial charge in [-0.3, -0.25) is 4.79 Å². The van der Waals surface area contributed by atoms with Gasteiger partial charge in [-0.25, -0.2) is 0 Å². The van der Waals surface area contributed by atoms with Crippen LogP contribution in [0.1, 0.15) is 38.5 Å². The Morgan fingerprint density at radius 3 is 2.88 bits per heavy atom. The van der Waals surface area contributed by atoms with E-state index in [0.29, 0.717) is 12.5 Å². The number of hydrogen-bond acceptors (Lipinski definition) is 3. The quantitative estimate of drug-likeness (QED) is 0.801. The third-order valence-corrected chi connectivity index (χ3v) is 3.76. The van der Waals surface area contributed by atoms with Gasteiger partial charge in [-0.1, -0.05) is 0 Å². The molecule has 0 aromatic rings. The minimum absolute atomic E-state index is 0.249. The molecule has 0 aliphatic carbocycles. The lowest BCUT2D eigenvalue weighted by Gasteiger charge is -2.28. The highest BCUT2D eigenvalue weighted by molar-refractivity contribution is 5.76. The molecule has 2 fully saturated rings. The molecular weight excluding hydrogens is 216 g/mol. The van der Waals surface area contributed by atoms with Crippen molar-refractivity contribution in [2.75, 3.05) is 26.7 Å². The molecule has 0 spiro atoms. The van der Waals surface area contributed by atoms with E-state index in [1.54, 1.807) is 0 Å². The first kappa shape index (κ1) is 12.8. The van der Waals surface area contributed by atoms with Gasteiger partial charge < -0.3 is 15.0 Å². The Kier molecular flexibility index (Phi) is 4.80. The molecule has 98 valence electrons. The van der Waals surface area contributed by atoms with Crippen molar-refractivity contribution in [3.8, 4) is 0 Å². The predicted molar refractivity (Wildman–Crippen MR) is 66.9 cm³/mol. The molecule has 0 saturated carbocycles. The number of hydrogen-bond donors (Lipinski definition) is 1. The summed E-state index contributed by atoms with van der Waals surface area (Å²) in [5, 5.41) is 3.37. The molecule has 0 bridgehead atoms. The van der Waals surface area contributed by atoms with Crippen molar-refractivity contribution in [3.63, 3.8) is 0 Å². The summed E-state index contributed by atoms with van der Waals surface area (Å²) in [6, 6.07) is 0.400. The molecule has 0 radical (unpaired) electrons. The molecular formula is C13H24N2O2. The van der Waals surface area contributed by atoms with Crippen molar-refractivity contribution in [1.82, 2.24) is 10.2 Å². The monoisotopic (exact) mass is 240 g/mol. The summed E-state index contributed by atoms with van der Waals surface area (Å²) in [5.74, 6) is 0.249. The Morgan fingerprint density at radius 1 is 1.35 bits per heavy atom. The van der Waals surface area contributed by atoms with Gasteiger partial charge in [-0.15, -0.1) is 0 Å². The summed E-state index contributed by atoms with van der Waals surface area (Å²) in [4.78, 5) is 13.8. The van der Waals surface area contributed by atoms with Crippen molar-refractivity contribution >= 4 is 5.91 Å². The normalized spacial score (nSPS) is 29.2. The fourth-order valence-corrected chi connectivity index (χ4v) is 2.66. The number of nitrogens with one attached hydrogen (secondary N) is 1. The van der Waals surface area contributed by atoms with E-state index in [2.05, 4.69) is 5.32 Å². The van der Waals surface area contributed by atoms with Crippen LogP contribution in [-0.4, -0.2) is 49.7 Å². The number of rotatable bonds is 4. The average Bonchev–Trinajstić information content (AvgIpc) is 2.83. The zero-order valence-corrected chi connectivity index (χ0v) is 10.8. The molecule has 4 nitrogen and oxygen atoms in total. The van der Waals surface area contributed by atoms with Crippen LogP contribution in [0, 0.1) is 0 Å². The molecule has 4 heteroatoms. The lowest BCUT2D eigenvalue weighted by molar-refractivity contribution is -0.132. The van der Waals surface area contributed by atoms with Gasteiger partial charge >= 0.3 is 0 Å². The first-order valence-electron chi connectivity index (χ1n) is 6.84. The molecule has 0 aromatic carbocycles. The Hall–Kier alpha value is -0.610. The van der Waals surface area contributed by atoms with E-state index in [0.717, 1.165) is 32.5 Å². The molecule has 2 saturated heterocycles. The van der Waals surface area contributed by atoms with Gasteiger partial charge in [0.15, 0.2) is 0 Å². The SMILES string of the molecule is CN(CC1CCCCO1)C(=O)CC1CCCN1. The van der Waals surface area contributed by atoms with Gasteiger partial charge in [0.2, 0.25) is 5.91 Å². The van der Waals surface area contributed by atoms with Crippen LogP contribution in [0.4, 0.5) is 0 Å². The first-order chi connectivity index (χ1) is 8.25. The zero-order valence-electron chi connectivity index (χ0n) is 10.8. The fourth-order valence-electron chi connectivity index (χ4n) is 2.66. The summed E-state index contributed by atoms with van der Waals surface area (Å²) in [6.07, 6.45) is 6.74. The summed E-state index contributed by atoms with van der Waals surface area (Å²) in [7, 11) is 1.90. The van der Waals surface area contributed by atoms with Crippen LogP contribution in [0.25, 0.3) is 0 Å². The van der Waals surface area contributed by atoms with Gasteiger partial charge in [-0.05, 0) is 38.6 Å². The van der Waals surface area contributed by atoms with Gasteiger partial charge in [0, 0.05) is 32.7 Å². The topological polar surface area (TPSA) is 41.6 Å². The van der Waals surface area contributed by atoms with E-state index in [4.69, 9.17) is 4.74 Å². The minimum atomic E-state index is 0.249. The number of carbonyl (C=O) groups excluding carboxylic acids is 1. The van der Waals surface area contributed by atoms with Crippen LogP contribution in [0.15, 0.2) is 0 Å². The summed E-state index contributed by atoms with van der Waals surface area (Å²) in [6.45, 7) is 2.68. The molecule has 2 aliphatic rings. The van der Waals surface area contributed by atoms with E-state index in [9.17, 15) is 4.79 Å². The highest BCUT2D eigenvalue weighted by Crippen LogP contribution is 2.15. The highest BCUT2D eigenvalue weighted by Gasteiger charge is 2.22. The van der Waals surface area contributed by atoms with Crippen LogP contribution in [-0.2, 0) is 9.53 Å². The summed E-state index contributed by atoms with van der Waals surface area (Å²) >= 11 is 0. The molecule has 0 aromatic heterocycles. The predicted octanol–water partition coefficient (Wildman–Crippen LogP) is 1.16. The third kappa shape index (κ3) is 3.96. The van der Waals surface area contributed by atoms with Crippen LogP contribution < -0.4 is 5.32 Å². The second-order valence-electron chi connectivity index (χ2n) is 5.26. The average molecular weight is 240 g/mol. The molecule has 2 rings (SSSR count). The van der Waals surface area contributed by atoms with Crippen molar-refractivity contribution < 1.29 is 9.53 Å². The molecule has 17 heavy (non-hydrogen) atoms. The molecule has 2 unspecified atom stereocenters. The van der Waals surface area contributed by atoms with Crippen molar-refractivity contribution in [1.29, 1.82) is 0 Å². The number of amides is 1. The Labute approximate surface area is 104 Å². The maximum atomic E-state index is 12.0. The van der Waals surface area contributed by atoms with Crippen molar-refractivity contribution in [2.24, 2.45) is 0 Å². The van der Waals surface area contributed by atoms with Crippen LogP contribution in [0.3, 0.4) is 0 Å². The Morgan fingerprint density at radius 2 is 2.24 bits per heavy atom. The van der Waals surface area contributed by atoms with Crippen LogP contribution in [0.5, 0.6) is 0 Å². The van der Waals surface area contributed by atoms with Gasteiger partial charge in [0.05, 0.1) is 6.10 Å². The van der Waals surface area contributed by atoms with E-state index in [-0.39, 0.29) is 12.0 Å². The Balaban J connectivity index is 1.70. The number of likely N-dealkylation sites (N-methyl/N-ethyl adjacent to an activating group) is 1. The number of ether oxygens (including phenoxy) is 1. The van der Waals surface area contributed by atoms with Gasteiger partial charge in [0.1, 0.15) is 0 Å². The maximum absolute atomic E-state index is 12.0. The smallest absolute Gasteiger partial charge is 0.223 e. The summed E-state index contributed by atoms with van der Waals surface area (Å²) < 4.78 is 5.66. The summed E-state index contributed by atoms with van der Waals surface area (Å²) in [5.41, 5.74) is 0. The van der Waals surface area contributed by atoms with Crippen molar-refractivity contribution in [2.45, 2.75) is 50.7 Å². The molecule has 1 amide bonds. The van der Waals surface area contributed by atoms with Gasteiger partial charge in [0.25, 0.3) is 0 Å². The maximum Gasteiger partial charge on any atom is 0.223 e. The number of nitrogens with zero attached hydrogens (tertiary/aromatic N) is 1. The fraction of sp³-hybridized carbons (Fsp3) is 0.923. The highest BCUT2D eigenvalue weighted by atomic mass is 16.5. The molecule has 2 heterocycles. The minimum Gasteiger partial charge on any atom is -0.376 e. The largest absolute Gasteiger partial charge is 0.376 e. The lowest BCUT2D eigenvalue weighted by atomic mass is 10.1. The van der Waals surface area contributed by atoms with Crippen LogP contribution in [0.2, 0.25) is 0 Å². The second kappa shape index (κ2) is 6.36.